The standard InChI is InChI=1S/C12H19NO5S2/c1-12(2,3)17-11(14)13-10(18-20(4,15)16)8-9-6-5-7-19-9/h5-7,10H,8H2,1-4H3,(H,13,14). The average Bonchev–Trinajstić information content (AvgIpc) is 2.63. The molecule has 0 aliphatic carbocycles. The van der Waals surface area contributed by atoms with Gasteiger partial charge in [0, 0.05) is 11.3 Å². The van der Waals surface area contributed by atoms with E-state index in [-0.39, 0.29) is 6.42 Å². The van der Waals surface area contributed by atoms with Crippen LogP contribution in [0.15, 0.2) is 17.5 Å². The normalized spacial score (nSPS) is 13.8. The van der Waals surface area contributed by atoms with Gasteiger partial charge >= 0.3 is 6.09 Å². The molecule has 114 valence electrons. The first-order valence-corrected chi connectivity index (χ1v) is 8.65. The third kappa shape index (κ3) is 7.46. The van der Waals surface area contributed by atoms with E-state index in [9.17, 15) is 13.2 Å². The van der Waals surface area contributed by atoms with Gasteiger partial charge in [0.15, 0.2) is 6.23 Å². The Morgan fingerprint density at radius 3 is 2.55 bits per heavy atom. The molecular formula is C12H19NO5S2. The molecule has 1 unspecified atom stereocenters. The highest BCUT2D eigenvalue weighted by Crippen LogP contribution is 2.14. The Hall–Kier alpha value is -1.12. The Morgan fingerprint density at radius 2 is 2.10 bits per heavy atom. The zero-order valence-corrected chi connectivity index (χ0v) is 13.5. The minimum absolute atomic E-state index is 0.254. The number of hydrogen-bond acceptors (Lipinski definition) is 6. The van der Waals surface area contributed by atoms with E-state index in [2.05, 4.69) is 5.32 Å². The minimum Gasteiger partial charge on any atom is -0.444 e. The van der Waals surface area contributed by atoms with Crippen LogP contribution in [0.1, 0.15) is 25.6 Å². The smallest absolute Gasteiger partial charge is 0.409 e. The number of carbonyl (C=O) groups excluding carboxylic acids is 1. The van der Waals surface area contributed by atoms with E-state index < -0.39 is 28.0 Å². The number of thiophene rings is 1. The molecule has 0 saturated heterocycles. The first kappa shape index (κ1) is 16.9. The van der Waals surface area contributed by atoms with Crippen LogP contribution in [0.4, 0.5) is 4.79 Å². The van der Waals surface area contributed by atoms with Crippen LogP contribution in [-0.4, -0.2) is 32.6 Å². The second-order valence-corrected chi connectivity index (χ2v) is 7.85. The summed E-state index contributed by atoms with van der Waals surface area (Å²) in [5.74, 6) is 0. The molecule has 0 fully saturated rings. The zero-order chi connectivity index (χ0) is 15.4. The molecule has 0 spiro atoms. The van der Waals surface area contributed by atoms with Crippen molar-refractivity contribution in [3.63, 3.8) is 0 Å². The van der Waals surface area contributed by atoms with Gasteiger partial charge in [0.25, 0.3) is 10.1 Å². The molecule has 6 nitrogen and oxygen atoms in total. The Labute approximate surface area is 123 Å². The van der Waals surface area contributed by atoms with Crippen LogP contribution in [0.5, 0.6) is 0 Å². The Bertz CT molecular complexity index is 531. The first-order valence-electron chi connectivity index (χ1n) is 5.95. The van der Waals surface area contributed by atoms with E-state index in [4.69, 9.17) is 8.92 Å². The average molecular weight is 321 g/mol. The maximum atomic E-state index is 11.7. The van der Waals surface area contributed by atoms with Crippen LogP contribution < -0.4 is 5.32 Å². The topological polar surface area (TPSA) is 81.7 Å². The number of rotatable bonds is 5. The van der Waals surface area contributed by atoms with Crippen molar-refractivity contribution >= 4 is 27.5 Å². The molecule has 1 aromatic heterocycles. The Morgan fingerprint density at radius 1 is 1.45 bits per heavy atom. The number of ether oxygens (including phenoxy) is 1. The van der Waals surface area contributed by atoms with E-state index in [1.165, 1.54) is 11.3 Å². The van der Waals surface area contributed by atoms with Crippen molar-refractivity contribution in [1.82, 2.24) is 5.32 Å². The molecule has 1 amide bonds. The lowest BCUT2D eigenvalue weighted by molar-refractivity contribution is 0.0406. The quantitative estimate of drug-likeness (QED) is 0.663. The van der Waals surface area contributed by atoms with Crippen molar-refractivity contribution in [1.29, 1.82) is 0 Å². The van der Waals surface area contributed by atoms with Gasteiger partial charge in [0.2, 0.25) is 0 Å². The number of alkyl carbamates (subject to hydrolysis) is 1. The van der Waals surface area contributed by atoms with E-state index in [1.807, 2.05) is 17.5 Å². The predicted molar refractivity (Wildman–Crippen MR) is 77.1 cm³/mol. The third-order valence-electron chi connectivity index (χ3n) is 1.94. The molecule has 0 aliphatic heterocycles. The fourth-order valence-corrected chi connectivity index (χ4v) is 2.65. The lowest BCUT2D eigenvalue weighted by Crippen LogP contribution is -2.42. The summed E-state index contributed by atoms with van der Waals surface area (Å²) in [7, 11) is -3.68. The summed E-state index contributed by atoms with van der Waals surface area (Å²) in [5, 5.41) is 4.27. The maximum absolute atomic E-state index is 11.7. The molecule has 1 N–H and O–H groups in total. The largest absolute Gasteiger partial charge is 0.444 e. The summed E-state index contributed by atoms with van der Waals surface area (Å²) in [6.45, 7) is 5.16. The fraction of sp³-hybridized carbons (Fsp3) is 0.583. The Balaban J connectivity index is 2.70. The summed E-state index contributed by atoms with van der Waals surface area (Å²) < 4.78 is 32.4. The molecule has 20 heavy (non-hydrogen) atoms. The van der Waals surface area contributed by atoms with Crippen LogP contribution in [-0.2, 0) is 25.5 Å². The minimum atomic E-state index is -3.68. The van der Waals surface area contributed by atoms with Gasteiger partial charge in [-0.3, -0.25) is 5.32 Å². The second-order valence-electron chi connectivity index (χ2n) is 5.22. The molecule has 0 aromatic carbocycles. The van der Waals surface area contributed by atoms with E-state index in [0.717, 1.165) is 11.1 Å². The summed E-state index contributed by atoms with van der Waals surface area (Å²) in [6.07, 6.45) is -0.518. The number of nitrogens with one attached hydrogen (secondary N) is 1. The van der Waals surface area contributed by atoms with Gasteiger partial charge < -0.3 is 4.74 Å². The van der Waals surface area contributed by atoms with Gasteiger partial charge in [-0.2, -0.15) is 8.42 Å². The molecule has 0 saturated carbocycles. The molecule has 1 atom stereocenters. The highest BCUT2D eigenvalue weighted by molar-refractivity contribution is 7.86. The van der Waals surface area contributed by atoms with Gasteiger partial charge in [0.1, 0.15) is 5.60 Å². The zero-order valence-electron chi connectivity index (χ0n) is 11.9. The van der Waals surface area contributed by atoms with Gasteiger partial charge in [-0.15, -0.1) is 11.3 Å². The first-order chi connectivity index (χ1) is 9.05. The second kappa shape index (κ2) is 6.55. The lowest BCUT2D eigenvalue weighted by Gasteiger charge is -2.22. The van der Waals surface area contributed by atoms with Crippen molar-refractivity contribution in [2.24, 2.45) is 0 Å². The lowest BCUT2D eigenvalue weighted by atomic mass is 10.2. The van der Waals surface area contributed by atoms with E-state index >= 15 is 0 Å². The predicted octanol–water partition coefficient (Wildman–Crippen LogP) is 2.12. The number of hydrogen-bond donors (Lipinski definition) is 1. The van der Waals surface area contributed by atoms with Crippen molar-refractivity contribution in [2.45, 2.75) is 39.0 Å². The monoisotopic (exact) mass is 321 g/mol. The van der Waals surface area contributed by atoms with Crippen LogP contribution in [0.3, 0.4) is 0 Å². The van der Waals surface area contributed by atoms with Gasteiger partial charge in [-0.1, -0.05) is 6.07 Å². The molecule has 0 radical (unpaired) electrons. The summed E-state index contributed by atoms with van der Waals surface area (Å²) in [6, 6.07) is 3.67. The molecular weight excluding hydrogens is 302 g/mol. The van der Waals surface area contributed by atoms with Crippen LogP contribution in [0, 0.1) is 0 Å². The van der Waals surface area contributed by atoms with Crippen molar-refractivity contribution < 1.29 is 22.1 Å². The Kier molecular flexibility index (Phi) is 5.55. The van der Waals surface area contributed by atoms with Crippen LogP contribution in [0.2, 0.25) is 0 Å². The van der Waals surface area contributed by atoms with Crippen molar-refractivity contribution in [3.8, 4) is 0 Å². The van der Waals surface area contributed by atoms with E-state index in [1.54, 1.807) is 20.8 Å². The fourth-order valence-electron chi connectivity index (χ4n) is 1.37. The highest BCUT2D eigenvalue weighted by Gasteiger charge is 2.23. The molecule has 1 rings (SSSR count). The number of carbonyl (C=O) groups is 1. The molecule has 8 heteroatoms. The van der Waals surface area contributed by atoms with Gasteiger partial charge in [0.05, 0.1) is 6.26 Å². The molecule has 0 bridgehead atoms. The molecule has 1 aromatic rings. The molecule has 1 heterocycles. The number of amides is 1. The SMILES string of the molecule is CC(C)(C)OC(=O)NC(Cc1cccs1)OS(C)(=O)=O. The van der Waals surface area contributed by atoms with Gasteiger partial charge in [-0.25, -0.2) is 8.98 Å². The van der Waals surface area contributed by atoms with Crippen LogP contribution >= 0.6 is 11.3 Å². The third-order valence-corrected chi connectivity index (χ3v) is 3.42. The summed E-state index contributed by atoms with van der Waals surface area (Å²) in [4.78, 5) is 12.6. The summed E-state index contributed by atoms with van der Waals surface area (Å²) in [5.41, 5.74) is -0.664. The maximum Gasteiger partial charge on any atom is 0.409 e. The van der Waals surface area contributed by atoms with Gasteiger partial charge in [-0.05, 0) is 32.2 Å². The van der Waals surface area contributed by atoms with E-state index in [0.29, 0.717) is 0 Å². The molecule has 0 aliphatic rings. The summed E-state index contributed by atoms with van der Waals surface area (Å²) >= 11 is 1.45. The van der Waals surface area contributed by atoms with Crippen LogP contribution in [0.25, 0.3) is 0 Å². The van der Waals surface area contributed by atoms with Crippen molar-refractivity contribution in [2.75, 3.05) is 6.26 Å². The van der Waals surface area contributed by atoms with Crippen molar-refractivity contribution in [3.05, 3.63) is 22.4 Å². The highest BCUT2D eigenvalue weighted by atomic mass is 32.2.